The molecular formula is C13H20N2O4S. The van der Waals surface area contributed by atoms with Gasteiger partial charge in [0.15, 0.2) is 5.75 Å². The maximum atomic E-state index is 11.8. The van der Waals surface area contributed by atoms with Gasteiger partial charge in [0.05, 0.1) is 6.61 Å². The number of hydrogen-bond donors (Lipinski definition) is 2. The SMILES string of the molecule is CCNCc1cccc(NS(=O)(=O)CC(=O)OCC)c1. The van der Waals surface area contributed by atoms with E-state index in [0.717, 1.165) is 12.1 Å². The molecule has 20 heavy (non-hydrogen) atoms. The van der Waals surface area contributed by atoms with Crippen LogP contribution in [0.25, 0.3) is 0 Å². The molecule has 0 bridgehead atoms. The van der Waals surface area contributed by atoms with Crippen LogP contribution in [0.4, 0.5) is 5.69 Å². The topological polar surface area (TPSA) is 84.5 Å². The van der Waals surface area contributed by atoms with Crippen molar-refractivity contribution in [1.29, 1.82) is 0 Å². The number of sulfonamides is 1. The molecule has 1 aromatic carbocycles. The number of anilines is 1. The van der Waals surface area contributed by atoms with Gasteiger partial charge in [-0.15, -0.1) is 0 Å². The Morgan fingerprint density at radius 3 is 2.70 bits per heavy atom. The lowest BCUT2D eigenvalue weighted by molar-refractivity contribution is -0.139. The number of carbonyl (C=O) groups is 1. The van der Waals surface area contributed by atoms with E-state index in [2.05, 4.69) is 14.8 Å². The number of benzene rings is 1. The zero-order valence-electron chi connectivity index (χ0n) is 11.7. The molecule has 0 radical (unpaired) electrons. The van der Waals surface area contributed by atoms with E-state index in [-0.39, 0.29) is 6.61 Å². The summed E-state index contributed by atoms with van der Waals surface area (Å²) >= 11 is 0. The van der Waals surface area contributed by atoms with Gasteiger partial charge in [-0.05, 0) is 31.2 Å². The summed E-state index contributed by atoms with van der Waals surface area (Å²) in [5, 5.41) is 3.15. The molecule has 0 spiro atoms. The molecule has 6 nitrogen and oxygen atoms in total. The molecule has 1 aromatic rings. The number of nitrogens with one attached hydrogen (secondary N) is 2. The van der Waals surface area contributed by atoms with Crippen LogP contribution in [-0.4, -0.2) is 33.3 Å². The largest absolute Gasteiger partial charge is 0.465 e. The highest BCUT2D eigenvalue weighted by Gasteiger charge is 2.17. The van der Waals surface area contributed by atoms with E-state index in [4.69, 9.17) is 0 Å². The van der Waals surface area contributed by atoms with Crippen molar-refractivity contribution in [2.24, 2.45) is 0 Å². The number of ether oxygens (including phenoxy) is 1. The molecule has 0 atom stereocenters. The summed E-state index contributed by atoms with van der Waals surface area (Å²) < 4.78 is 30.6. The van der Waals surface area contributed by atoms with Crippen molar-refractivity contribution in [2.45, 2.75) is 20.4 Å². The van der Waals surface area contributed by atoms with E-state index in [0.29, 0.717) is 12.2 Å². The molecule has 0 fully saturated rings. The van der Waals surface area contributed by atoms with E-state index < -0.39 is 21.7 Å². The first-order valence-electron chi connectivity index (χ1n) is 6.42. The maximum absolute atomic E-state index is 11.8. The Kier molecular flexibility index (Phi) is 6.47. The first-order chi connectivity index (χ1) is 9.46. The first kappa shape index (κ1) is 16.5. The molecule has 7 heteroatoms. The number of hydrogen-bond acceptors (Lipinski definition) is 5. The van der Waals surface area contributed by atoms with Crippen LogP contribution in [0.15, 0.2) is 24.3 Å². The van der Waals surface area contributed by atoms with Crippen LogP contribution in [0, 0.1) is 0 Å². The van der Waals surface area contributed by atoms with Crippen LogP contribution in [0.5, 0.6) is 0 Å². The lowest BCUT2D eigenvalue weighted by atomic mass is 10.2. The van der Waals surface area contributed by atoms with Crippen LogP contribution in [0.1, 0.15) is 19.4 Å². The van der Waals surface area contributed by atoms with Crippen LogP contribution in [0.3, 0.4) is 0 Å². The van der Waals surface area contributed by atoms with Gasteiger partial charge < -0.3 is 10.1 Å². The van der Waals surface area contributed by atoms with Crippen molar-refractivity contribution in [2.75, 3.05) is 23.6 Å². The molecule has 0 saturated carbocycles. The second-order valence-corrected chi connectivity index (χ2v) is 5.87. The second-order valence-electron chi connectivity index (χ2n) is 4.15. The van der Waals surface area contributed by atoms with Gasteiger partial charge >= 0.3 is 5.97 Å². The smallest absolute Gasteiger partial charge is 0.323 e. The average molecular weight is 300 g/mol. The molecule has 0 unspecified atom stereocenters. The van der Waals surface area contributed by atoms with Crippen molar-refractivity contribution in [3.63, 3.8) is 0 Å². The third-order valence-electron chi connectivity index (χ3n) is 2.39. The zero-order valence-corrected chi connectivity index (χ0v) is 12.5. The minimum Gasteiger partial charge on any atom is -0.465 e. The average Bonchev–Trinajstić information content (AvgIpc) is 2.35. The maximum Gasteiger partial charge on any atom is 0.323 e. The highest BCUT2D eigenvalue weighted by atomic mass is 32.2. The molecule has 0 aliphatic heterocycles. The Hall–Kier alpha value is -1.60. The Labute approximate surface area is 119 Å². The summed E-state index contributed by atoms with van der Waals surface area (Å²) in [6.07, 6.45) is 0. The van der Waals surface area contributed by atoms with Gasteiger partial charge in [-0.2, -0.15) is 0 Å². The number of carbonyl (C=O) groups excluding carboxylic acids is 1. The summed E-state index contributed by atoms with van der Waals surface area (Å²) in [4.78, 5) is 11.2. The fourth-order valence-electron chi connectivity index (χ4n) is 1.59. The number of esters is 1. The molecule has 0 saturated heterocycles. The normalized spacial score (nSPS) is 11.1. The van der Waals surface area contributed by atoms with Gasteiger partial charge in [-0.25, -0.2) is 8.42 Å². The van der Waals surface area contributed by atoms with Crippen molar-refractivity contribution in [3.8, 4) is 0 Å². The predicted molar refractivity (Wildman–Crippen MR) is 77.9 cm³/mol. The van der Waals surface area contributed by atoms with E-state index in [1.54, 1.807) is 25.1 Å². The molecule has 2 N–H and O–H groups in total. The quantitative estimate of drug-likeness (QED) is 0.702. The van der Waals surface area contributed by atoms with Gasteiger partial charge in [0.25, 0.3) is 0 Å². The van der Waals surface area contributed by atoms with Crippen molar-refractivity contribution >= 4 is 21.7 Å². The molecule has 0 amide bonds. The first-order valence-corrected chi connectivity index (χ1v) is 8.08. The van der Waals surface area contributed by atoms with E-state index in [9.17, 15) is 13.2 Å². The third kappa shape index (κ3) is 6.03. The highest BCUT2D eigenvalue weighted by Crippen LogP contribution is 2.12. The van der Waals surface area contributed by atoms with Gasteiger partial charge in [-0.3, -0.25) is 9.52 Å². The monoisotopic (exact) mass is 300 g/mol. The van der Waals surface area contributed by atoms with Gasteiger partial charge in [0.2, 0.25) is 10.0 Å². The molecule has 0 aliphatic rings. The lowest BCUT2D eigenvalue weighted by Crippen LogP contribution is -2.24. The molecule has 1 rings (SSSR count). The summed E-state index contributed by atoms with van der Waals surface area (Å²) in [6, 6.07) is 7.02. The minimum atomic E-state index is -3.74. The Bertz CT molecular complexity index is 543. The minimum absolute atomic E-state index is 0.159. The van der Waals surface area contributed by atoms with Gasteiger partial charge in [-0.1, -0.05) is 19.1 Å². The highest BCUT2D eigenvalue weighted by molar-refractivity contribution is 7.93. The summed E-state index contributed by atoms with van der Waals surface area (Å²) in [5.41, 5.74) is 1.40. The van der Waals surface area contributed by atoms with Gasteiger partial charge in [0, 0.05) is 12.2 Å². The summed E-state index contributed by atoms with van der Waals surface area (Å²) in [5.74, 6) is -1.44. The van der Waals surface area contributed by atoms with Crippen molar-refractivity contribution in [3.05, 3.63) is 29.8 Å². The second kappa shape index (κ2) is 7.86. The van der Waals surface area contributed by atoms with E-state index in [1.165, 1.54) is 0 Å². The van der Waals surface area contributed by atoms with E-state index in [1.807, 2.05) is 13.0 Å². The zero-order chi connectivity index (χ0) is 15.0. The van der Waals surface area contributed by atoms with Gasteiger partial charge in [0.1, 0.15) is 0 Å². The summed E-state index contributed by atoms with van der Waals surface area (Å²) in [7, 11) is -3.74. The van der Waals surface area contributed by atoms with Crippen LogP contribution < -0.4 is 10.0 Å². The van der Waals surface area contributed by atoms with Crippen LogP contribution >= 0.6 is 0 Å². The molecular weight excluding hydrogens is 280 g/mol. The predicted octanol–water partition coefficient (Wildman–Crippen LogP) is 1.10. The number of rotatable bonds is 8. The van der Waals surface area contributed by atoms with Crippen LogP contribution in [0.2, 0.25) is 0 Å². The Balaban J connectivity index is 2.69. The standard InChI is InChI=1S/C13H20N2O4S/c1-3-14-9-11-6-5-7-12(8-11)15-20(17,18)10-13(16)19-4-2/h5-8,14-15H,3-4,9-10H2,1-2H3. The fraction of sp³-hybridized carbons (Fsp3) is 0.462. The van der Waals surface area contributed by atoms with Crippen molar-refractivity contribution < 1.29 is 17.9 Å². The molecule has 0 aliphatic carbocycles. The molecule has 0 heterocycles. The van der Waals surface area contributed by atoms with Crippen molar-refractivity contribution in [1.82, 2.24) is 5.32 Å². The van der Waals surface area contributed by atoms with E-state index >= 15 is 0 Å². The molecule has 112 valence electrons. The lowest BCUT2D eigenvalue weighted by Gasteiger charge is -2.09. The Morgan fingerprint density at radius 2 is 2.05 bits per heavy atom. The summed E-state index contributed by atoms with van der Waals surface area (Å²) in [6.45, 7) is 5.27. The third-order valence-corrected chi connectivity index (χ3v) is 3.56. The Morgan fingerprint density at radius 1 is 1.30 bits per heavy atom. The molecule has 0 aromatic heterocycles. The fourth-order valence-corrected chi connectivity index (χ4v) is 2.54. The van der Waals surface area contributed by atoms with Crippen LogP contribution in [-0.2, 0) is 26.1 Å².